The second-order valence-corrected chi connectivity index (χ2v) is 5.08. The molecular weight excluding hydrogens is 264 g/mol. The highest BCUT2D eigenvalue weighted by molar-refractivity contribution is 6.00. The van der Waals surface area contributed by atoms with E-state index in [0.29, 0.717) is 6.54 Å². The summed E-state index contributed by atoms with van der Waals surface area (Å²) in [7, 11) is 0. The summed E-state index contributed by atoms with van der Waals surface area (Å²) in [4.78, 5) is 49.0. The van der Waals surface area contributed by atoms with Crippen LogP contribution < -0.4 is 10.6 Å². The van der Waals surface area contributed by atoms with Crippen molar-refractivity contribution in [1.82, 2.24) is 20.4 Å². The van der Waals surface area contributed by atoms with Gasteiger partial charge in [0, 0.05) is 12.6 Å². The number of imide groups is 2. The van der Waals surface area contributed by atoms with Crippen molar-refractivity contribution in [2.75, 3.05) is 32.7 Å². The first kappa shape index (κ1) is 14.6. The molecule has 0 aliphatic carbocycles. The van der Waals surface area contributed by atoms with Crippen molar-refractivity contribution in [3.8, 4) is 0 Å². The first-order valence-corrected chi connectivity index (χ1v) is 6.59. The van der Waals surface area contributed by atoms with Crippen LogP contribution in [-0.4, -0.2) is 72.2 Å². The molecule has 1 unspecified atom stereocenters. The predicted molar refractivity (Wildman–Crippen MR) is 68.4 cm³/mol. The molecule has 0 aromatic carbocycles. The summed E-state index contributed by atoms with van der Waals surface area (Å²) >= 11 is 0. The highest BCUT2D eigenvalue weighted by Gasteiger charge is 2.31. The van der Waals surface area contributed by atoms with Crippen LogP contribution in [0.25, 0.3) is 0 Å². The topological polar surface area (TPSA) is 98.8 Å². The molecule has 0 aromatic rings. The van der Waals surface area contributed by atoms with E-state index in [1.165, 1.54) is 0 Å². The number of hydrogen-bond acceptors (Lipinski definition) is 6. The summed E-state index contributed by atoms with van der Waals surface area (Å²) in [5, 5.41) is 4.50. The SMILES string of the molecule is CCC(CN1CC(=O)NC(=O)C1)N1CC(=O)NC(=O)C1. The molecule has 4 amide bonds. The summed E-state index contributed by atoms with van der Waals surface area (Å²) in [6.45, 7) is 3.09. The number of carbonyl (C=O) groups excluding carboxylic acids is 4. The molecule has 0 spiro atoms. The lowest BCUT2D eigenvalue weighted by molar-refractivity contribution is -0.140. The Balaban J connectivity index is 1.97. The number of rotatable bonds is 4. The van der Waals surface area contributed by atoms with Crippen LogP contribution in [0.15, 0.2) is 0 Å². The fourth-order valence-corrected chi connectivity index (χ4v) is 2.54. The molecule has 2 N–H and O–H groups in total. The molecule has 2 rings (SSSR count). The molecule has 20 heavy (non-hydrogen) atoms. The molecule has 0 saturated carbocycles. The summed E-state index contributed by atoms with van der Waals surface area (Å²) in [5.74, 6) is -1.26. The van der Waals surface area contributed by atoms with Gasteiger partial charge in [0.15, 0.2) is 0 Å². The summed E-state index contributed by atoms with van der Waals surface area (Å²) in [6.07, 6.45) is 0.729. The Kier molecular flexibility index (Phi) is 4.46. The Hall–Kier alpha value is -1.80. The van der Waals surface area contributed by atoms with E-state index in [4.69, 9.17) is 0 Å². The van der Waals surface area contributed by atoms with Gasteiger partial charge in [0.2, 0.25) is 23.6 Å². The smallest absolute Gasteiger partial charge is 0.240 e. The van der Waals surface area contributed by atoms with Crippen LogP contribution in [0.1, 0.15) is 13.3 Å². The number of hydrogen-bond donors (Lipinski definition) is 2. The molecule has 2 fully saturated rings. The van der Waals surface area contributed by atoms with Crippen molar-refractivity contribution in [1.29, 1.82) is 0 Å². The molecule has 2 heterocycles. The van der Waals surface area contributed by atoms with Gasteiger partial charge in [0.1, 0.15) is 0 Å². The largest absolute Gasteiger partial charge is 0.294 e. The Labute approximate surface area is 116 Å². The zero-order valence-electron chi connectivity index (χ0n) is 11.3. The van der Waals surface area contributed by atoms with Crippen molar-refractivity contribution in [3.05, 3.63) is 0 Å². The minimum atomic E-state index is -0.316. The van der Waals surface area contributed by atoms with Crippen LogP contribution in [0.2, 0.25) is 0 Å². The second kappa shape index (κ2) is 6.10. The average Bonchev–Trinajstić information content (AvgIpc) is 2.33. The lowest BCUT2D eigenvalue weighted by Gasteiger charge is -2.36. The third-order valence-corrected chi connectivity index (χ3v) is 3.44. The Morgan fingerprint density at radius 1 is 0.900 bits per heavy atom. The Morgan fingerprint density at radius 2 is 1.35 bits per heavy atom. The standard InChI is InChI=1S/C12H18N4O4/c1-2-8(16-6-11(19)14-12(20)7-16)3-15-4-9(17)13-10(18)5-15/h8H,2-7H2,1H3,(H,13,17,18)(H,14,19,20). The third kappa shape index (κ3) is 3.61. The first-order valence-electron chi connectivity index (χ1n) is 6.59. The Morgan fingerprint density at radius 3 is 1.80 bits per heavy atom. The van der Waals surface area contributed by atoms with Crippen molar-refractivity contribution in [3.63, 3.8) is 0 Å². The number of nitrogens with zero attached hydrogens (tertiary/aromatic N) is 2. The normalized spacial score (nSPS) is 23.4. The molecule has 1 atom stereocenters. The molecular formula is C12H18N4O4. The number of carbonyl (C=O) groups is 4. The highest BCUT2D eigenvalue weighted by atomic mass is 16.2. The number of piperazine rings is 2. The zero-order chi connectivity index (χ0) is 14.7. The van der Waals surface area contributed by atoms with E-state index >= 15 is 0 Å². The molecule has 0 radical (unpaired) electrons. The van der Waals surface area contributed by atoms with Crippen molar-refractivity contribution < 1.29 is 19.2 Å². The van der Waals surface area contributed by atoms with Gasteiger partial charge in [0.05, 0.1) is 26.2 Å². The molecule has 2 saturated heterocycles. The van der Waals surface area contributed by atoms with Gasteiger partial charge in [-0.25, -0.2) is 0 Å². The van der Waals surface area contributed by atoms with E-state index in [0.717, 1.165) is 6.42 Å². The van der Waals surface area contributed by atoms with Gasteiger partial charge < -0.3 is 0 Å². The van der Waals surface area contributed by atoms with Crippen LogP contribution in [0, 0.1) is 0 Å². The van der Waals surface area contributed by atoms with E-state index < -0.39 is 0 Å². The second-order valence-electron chi connectivity index (χ2n) is 5.08. The van der Waals surface area contributed by atoms with Gasteiger partial charge in [-0.15, -0.1) is 0 Å². The maximum absolute atomic E-state index is 11.4. The molecule has 110 valence electrons. The third-order valence-electron chi connectivity index (χ3n) is 3.44. The Bertz CT molecular complexity index is 419. The zero-order valence-corrected chi connectivity index (χ0v) is 11.3. The van der Waals surface area contributed by atoms with E-state index in [9.17, 15) is 19.2 Å². The van der Waals surface area contributed by atoms with Gasteiger partial charge in [-0.05, 0) is 6.42 Å². The molecule has 0 bridgehead atoms. The van der Waals surface area contributed by atoms with E-state index in [2.05, 4.69) is 10.6 Å². The van der Waals surface area contributed by atoms with Crippen LogP contribution in [0.4, 0.5) is 0 Å². The molecule has 8 heteroatoms. The number of amides is 4. The van der Waals surface area contributed by atoms with Crippen LogP contribution in [0.3, 0.4) is 0 Å². The lowest BCUT2D eigenvalue weighted by Crippen LogP contribution is -2.59. The van der Waals surface area contributed by atoms with Crippen molar-refractivity contribution in [2.45, 2.75) is 19.4 Å². The van der Waals surface area contributed by atoms with Gasteiger partial charge in [0.25, 0.3) is 0 Å². The van der Waals surface area contributed by atoms with E-state index in [1.807, 2.05) is 6.92 Å². The highest BCUT2D eigenvalue weighted by Crippen LogP contribution is 2.10. The van der Waals surface area contributed by atoms with Crippen LogP contribution in [-0.2, 0) is 19.2 Å². The van der Waals surface area contributed by atoms with Gasteiger partial charge in [-0.1, -0.05) is 6.92 Å². The fraction of sp³-hybridized carbons (Fsp3) is 0.667. The molecule has 8 nitrogen and oxygen atoms in total. The molecule has 2 aliphatic rings. The molecule has 2 aliphatic heterocycles. The number of nitrogens with one attached hydrogen (secondary N) is 2. The monoisotopic (exact) mass is 282 g/mol. The summed E-state index contributed by atoms with van der Waals surface area (Å²) < 4.78 is 0. The predicted octanol–water partition coefficient (Wildman–Crippen LogP) is -2.32. The maximum atomic E-state index is 11.4. The quantitative estimate of drug-likeness (QED) is 0.562. The summed E-state index contributed by atoms with van der Waals surface area (Å²) in [5.41, 5.74) is 0. The fourth-order valence-electron chi connectivity index (χ4n) is 2.54. The first-order chi connectivity index (χ1) is 9.47. The minimum absolute atomic E-state index is 0.0382. The average molecular weight is 282 g/mol. The van der Waals surface area contributed by atoms with Crippen LogP contribution >= 0.6 is 0 Å². The van der Waals surface area contributed by atoms with E-state index in [1.54, 1.807) is 9.80 Å². The molecule has 0 aromatic heterocycles. The lowest BCUT2D eigenvalue weighted by atomic mass is 10.1. The van der Waals surface area contributed by atoms with Crippen LogP contribution in [0.5, 0.6) is 0 Å². The van der Waals surface area contributed by atoms with Gasteiger partial charge in [-0.2, -0.15) is 0 Å². The minimum Gasteiger partial charge on any atom is -0.294 e. The van der Waals surface area contributed by atoms with E-state index in [-0.39, 0.29) is 55.8 Å². The van der Waals surface area contributed by atoms with Crippen molar-refractivity contribution >= 4 is 23.6 Å². The van der Waals surface area contributed by atoms with Crippen molar-refractivity contribution in [2.24, 2.45) is 0 Å². The van der Waals surface area contributed by atoms with Gasteiger partial charge in [-0.3, -0.25) is 39.6 Å². The maximum Gasteiger partial charge on any atom is 0.240 e. The van der Waals surface area contributed by atoms with Gasteiger partial charge >= 0.3 is 0 Å². The summed E-state index contributed by atoms with van der Waals surface area (Å²) in [6, 6.07) is -0.0382.